The fourth-order valence-corrected chi connectivity index (χ4v) is 10.6. The number of carbonyl (C=O) groups excluding carboxylic acids is 2. The average molecular weight is 1040 g/mol. The largest absolute Gasteiger partial charge is 0.466 e. The van der Waals surface area contributed by atoms with Gasteiger partial charge in [-0.1, -0.05) is 327 Å². The molecule has 2 unspecified atom stereocenters. The number of hydrogen-bond acceptors (Lipinski definition) is 5. The Morgan fingerprint density at radius 2 is 0.676 bits per heavy atom. The van der Waals surface area contributed by atoms with Crippen molar-refractivity contribution < 1.29 is 24.5 Å². The lowest BCUT2D eigenvalue weighted by molar-refractivity contribution is -0.143. The first-order valence-corrected chi connectivity index (χ1v) is 33.6. The topological polar surface area (TPSA) is 95.9 Å². The first-order valence-electron chi connectivity index (χ1n) is 33.6. The van der Waals surface area contributed by atoms with Crippen LogP contribution in [-0.2, 0) is 14.3 Å². The maximum Gasteiger partial charge on any atom is 0.305 e. The summed E-state index contributed by atoms with van der Waals surface area (Å²) in [5.74, 6) is -0.0185. The Balaban J connectivity index is 3.29. The summed E-state index contributed by atoms with van der Waals surface area (Å²) in [6.07, 6.45) is 79.5. The summed E-state index contributed by atoms with van der Waals surface area (Å²) in [7, 11) is 0. The normalized spacial score (nSPS) is 12.6. The van der Waals surface area contributed by atoms with E-state index in [9.17, 15) is 19.8 Å². The Hall–Kier alpha value is -1.66. The Labute approximate surface area is 462 Å². The molecular weight excluding hydrogens is 911 g/mol. The lowest BCUT2D eigenvalue weighted by Crippen LogP contribution is -2.45. The first-order chi connectivity index (χ1) is 36.5. The molecular formula is C68H131NO5. The van der Waals surface area contributed by atoms with E-state index in [0.717, 1.165) is 51.4 Å². The molecule has 0 aliphatic rings. The smallest absolute Gasteiger partial charge is 0.305 e. The molecule has 74 heavy (non-hydrogen) atoms. The molecule has 0 spiro atoms. The summed E-state index contributed by atoms with van der Waals surface area (Å²) in [5, 5.41) is 23.1. The van der Waals surface area contributed by atoms with Crippen molar-refractivity contribution in [2.45, 2.75) is 386 Å². The zero-order valence-electron chi connectivity index (χ0n) is 50.1. The zero-order valence-corrected chi connectivity index (χ0v) is 50.1. The zero-order chi connectivity index (χ0) is 53.6. The number of amides is 1. The standard InChI is InChI=1S/C68H131NO5/c1-3-5-7-9-11-13-14-15-16-32-36-39-42-46-50-54-58-62-68(73)74-63-59-55-51-47-43-40-37-34-31-29-27-25-23-21-19-17-18-20-22-24-26-28-30-33-35-38-41-45-49-53-57-61-67(72)69-65(64-70)66(71)60-56-52-48-44-12-10-8-6-4-2/h11,13,15-16,65-66,70-71H,3-10,12,14,17-64H2,1-2H3,(H,69,72)/b13-11-,16-15-. The number of allylic oxidation sites excluding steroid dienone is 4. The van der Waals surface area contributed by atoms with Crippen LogP contribution in [0.4, 0.5) is 0 Å². The van der Waals surface area contributed by atoms with Gasteiger partial charge in [0.25, 0.3) is 0 Å². The summed E-state index contributed by atoms with van der Waals surface area (Å²) in [6, 6.07) is -0.535. The molecule has 0 aromatic heterocycles. The summed E-state index contributed by atoms with van der Waals surface area (Å²) in [4.78, 5) is 24.5. The van der Waals surface area contributed by atoms with E-state index in [-0.39, 0.29) is 18.5 Å². The Kier molecular flexibility index (Phi) is 62.4. The van der Waals surface area contributed by atoms with Gasteiger partial charge in [0.1, 0.15) is 0 Å². The highest BCUT2D eigenvalue weighted by molar-refractivity contribution is 5.76. The molecule has 438 valence electrons. The van der Waals surface area contributed by atoms with Crippen molar-refractivity contribution >= 4 is 11.9 Å². The van der Waals surface area contributed by atoms with E-state index in [1.165, 1.54) is 289 Å². The molecule has 0 fully saturated rings. The van der Waals surface area contributed by atoms with Gasteiger partial charge in [0.15, 0.2) is 0 Å². The fraction of sp³-hybridized carbons (Fsp3) is 0.912. The van der Waals surface area contributed by atoms with E-state index < -0.39 is 12.1 Å². The molecule has 0 rings (SSSR count). The quantitative estimate of drug-likeness (QED) is 0.0320. The molecule has 2 atom stereocenters. The van der Waals surface area contributed by atoms with Gasteiger partial charge >= 0.3 is 5.97 Å². The number of rotatable bonds is 63. The third-order valence-electron chi connectivity index (χ3n) is 15.8. The van der Waals surface area contributed by atoms with E-state index in [0.29, 0.717) is 25.9 Å². The fourth-order valence-electron chi connectivity index (χ4n) is 10.6. The van der Waals surface area contributed by atoms with E-state index >= 15 is 0 Å². The molecule has 6 heteroatoms. The number of ether oxygens (including phenoxy) is 1. The van der Waals surface area contributed by atoms with Crippen LogP contribution >= 0.6 is 0 Å². The number of aliphatic hydroxyl groups excluding tert-OH is 2. The van der Waals surface area contributed by atoms with Crippen LogP contribution in [0.15, 0.2) is 24.3 Å². The number of unbranched alkanes of at least 4 members (excludes halogenated alkanes) is 48. The van der Waals surface area contributed by atoms with Gasteiger partial charge in [0, 0.05) is 12.8 Å². The van der Waals surface area contributed by atoms with Crippen LogP contribution in [0.25, 0.3) is 0 Å². The molecule has 0 bridgehead atoms. The highest BCUT2D eigenvalue weighted by Gasteiger charge is 2.20. The second-order valence-electron chi connectivity index (χ2n) is 23.2. The van der Waals surface area contributed by atoms with Crippen LogP contribution in [0.3, 0.4) is 0 Å². The minimum absolute atomic E-state index is 0.0132. The van der Waals surface area contributed by atoms with Crippen molar-refractivity contribution in [1.82, 2.24) is 5.32 Å². The van der Waals surface area contributed by atoms with Crippen LogP contribution in [0.5, 0.6) is 0 Å². The number of carbonyl (C=O) groups is 2. The molecule has 0 aliphatic heterocycles. The van der Waals surface area contributed by atoms with E-state index in [1.807, 2.05) is 0 Å². The molecule has 0 aromatic rings. The van der Waals surface area contributed by atoms with Gasteiger partial charge < -0.3 is 20.3 Å². The van der Waals surface area contributed by atoms with Gasteiger partial charge in [-0.05, 0) is 57.8 Å². The van der Waals surface area contributed by atoms with Crippen LogP contribution < -0.4 is 5.32 Å². The minimum Gasteiger partial charge on any atom is -0.466 e. The average Bonchev–Trinajstić information content (AvgIpc) is 3.40. The van der Waals surface area contributed by atoms with Gasteiger partial charge in [0.2, 0.25) is 5.91 Å². The number of esters is 1. The van der Waals surface area contributed by atoms with Gasteiger partial charge in [-0.2, -0.15) is 0 Å². The molecule has 0 aliphatic carbocycles. The van der Waals surface area contributed by atoms with E-state index in [1.54, 1.807) is 0 Å². The maximum atomic E-state index is 12.4. The number of nitrogens with one attached hydrogen (secondary N) is 1. The van der Waals surface area contributed by atoms with Crippen molar-refractivity contribution in [2.24, 2.45) is 0 Å². The van der Waals surface area contributed by atoms with Gasteiger partial charge in [0.05, 0.1) is 25.4 Å². The van der Waals surface area contributed by atoms with Crippen molar-refractivity contribution in [3.63, 3.8) is 0 Å². The summed E-state index contributed by atoms with van der Waals surface area (Å²) in [5.41, 5.74) is 0. The molecule has 6 nitrogen and oxygen atoms in total. The van der Waals surface area contributed by atoms with Crippen molar-refractivity contribution in [3.05, 3.63) is 24.3 Å². The predicted octanol–water partition coefficient (Wildman–Crippen LogP) is 21.4. The minimum atomic E-state index is -0.658. The summed E-state index contributed by atoms with van der Waals surface area (Å²) >= 11 is 0. The lowest BCUT2D eigenvalue weighted by Gasteiger charge is -2.22. The lowest BCUT2D eigenvalue weighted by atomic mass is 10.0. The second-order valence-corrected chi connectivity index (χ2v) is 23.2. The monoisotopic (exact) mass is 1040 g/mol. The van der Waals surface area contributed by atoms with Crippen LogP contribution in [0.2, 0.25) is 0 Å². The Bertz CT molecular complexity index is 1150. The molecule has 0 heterocycles. The Morgan fingerprint density at radius 3 is 1.05 bits per heavy atom. The third kappa shape index (κ3) is 59.6. The van der Waals surface area contributed by atoms with E-state index in [4.69, 9.17) is 4.74 Å². The summed E-state index contributed by atoms with van der Waals surface area (Å²) < 4.78 is 5.50. The third-order valence-corrected chi connectivity index (χ3v) is 15.8. The number of hydrogen-bond donors (Lipinski definition) is 3. The predicted molar refractivity (Wildman–Crippen MR) is 324 cm³/mol. The molecule has 1 amide bonds. The molecule has 3 N–H and O–H groups in total. The highest BCUT2D eigenvalue weighted by atomic mass is 16.5. The van der Waals surface area contributed by atoms with Gasteiger partial charge in [-0.25, -0.2) is 0 Å². The van der Waals surface area contributed by atoms with Crippen LogP contribution in [0, 0.1) is 0 Å². The second kappa shape index (κ2) is 63.9. The molecule has 0 saturated carbocycles. The molecule has 0 saturated heterocycles. The SMILES string of the molecule is CCCCC/C=C\C/C=C\CCCCCCCCCC(=O)OCCCCCCCCCCCCCCCCCCCCCCCCCCCCCCCCCC(=O)NC(CO)C(O)CCCCCCCCCCC. The van der Waals surface area contributed by atoms with Crippen molar-refractivity contribution in [1.29, 1.82) is 0 Å². The van der Waals surface area contributed by atoms with Crippen LogP contribution in [-0.4, -0.2) is 47.4 Å². The van der Waals surface area contributed by atoms with E-state index in [2.05, 4.69) is 43.5 Å². The first kappa shape index (κ1) is 72.3. The van der Waals surface area contributed by atoms with Gasteiger partial charge in [-0.15, -0.1) is 0 Å². The Morgan fingerprint density at radius 1 is 0.378 bits per heavy atom. The number of aliphatic hydroxyl groups is 2. The van der Waals surface area contributed by atoms with Crippen molar-refractivity contribution in [3.8, 4) is 0 Å². The maximum absolute atomic E-state index is 12.4. The van der Waals surface area contributed by atoms with Crippen molar-refractivity contribution in [2.75, 3.05) is 13.2 Å². The molecule has 0 aromatic carbocycles. The molecule has 0 radical (unpaired) electrons. The van der Waals surface area contributed by atoms with Gasteiger partial charge in [-0.3, -0.25) is 9.59 Å². The summed E-state index contributed by atoms with van der Waals surface area (Å²) in [6.45, 7) is 4.93. The van der Waals surface area contributed by atoms with Crippen LogP contribution in [0.1, 0.15) is 373 Å². The highest BCUT2D eigenvalue weighted by Crippen LogP contribution is 2.19.